The van der Waals surface area contributed by atoms with Crippen LogP contribution in [0.4, 0.5) is 18.9 Å². The molecule has 34 heavy (non-hydrogen) atoms. The van der Waals surface area contributed by atoms with E-state index in [9.17, 15) is 22.2 Å². The van der Waals surface area contributed by atoms with Crippen molar-refractivity contribution in [1.82, 2.24) is 5.32 Å². The summed E-state index contributed by atoms with van der Waals surface area (Å²) in [5.74, 6) is 0.765. The molecule has 2 N–H and O–H groups in total. The number of thiol groups is 1. The Balaban J connectivity index is 1.58. The highest BCUT2D eigenvalue weighted by Crippen LogP contribution is 2.30. The Hall–Kier alpha value is -2.79. The zero-order valence-corrected chi connectivity index (χ0v) is 20.6. The first-order valence-electron chi connectivity index (χ1n) is 10.3. The molecular weight excluding hydrogens is 537 g/mol. The maximum Gasteiger partial charge on any atom is 0.416 e. The fraction of sp³-hybridized carbons (Fsp3) is 0.261. The number of ether oxygens (including phenoxy) is 2. The number of hydrogen-bond acceptors (Lipinski definition) is 5. The van der Waals surface area contributed by atoms with E-state index in [0.29, 0.717) is 46.2 Å². The lowest BCUT2D eigenvalue weighted by Gasteiger charge is -2.17. The van der Waals surface area contributed by atoms with Gasteiger partial charge in [0.05, 0.1) is 28.9 Å². The number of nitrogens with one attached hydrogen (secondary N) is 2. The van der Waals surface area contributed by atoms with Crippen LogP contribution in [-0.2, 0) is 37.3 Å². The molecule has 0 aliphatic carbocycles. The van der Waals surface area contributed by atoms with Gasteiger partial charge in [-0.25, -0.2) is 4.72 Å². The summed E-state index contributed by atoms with van der Waals surface area (Å²) < 4.78 is 64.7. The first-order valence-corrected chi connectivity index (χ1v) is 12.4. The van der Waals surface area contributed by atoms with Crippen LogP contribution >= 0.6 is 15.9 Å². The Morgan fingerprint density at radius 2 is 1.82 bits per heavy atom. The molecule has 0 amide bonds. The monoisotopic (exact) mass is 559 g/mol. The summed E-state index contributed by atoms with van der Waals surface area (Å²) >= 11 is 3.39. The molecule has 0 radical (unpaired) electrons. The van der Waals surface area contributed by atoms with Crippen molar-refractivity contribution in [2.24, 2.45) is 0 Å². The predicted octanol–water partition coefficient (Wildman–Crippen LogP) is 5.35. The topological polar surface area (TPSA) is 76.7 Å². The number of alkyl halides is 3. The van der Waals surface area contributed by atoms with E-state index in [1.807, 2.05) is 12.1 Å². The summed E-state index contributed by atoms with van der Waals surface area (Å²) in [6, 6.07) is 11.6. The van der Waals surface area contributed by atoms with Gasteiger partial charge in [-0.05, 0) is 71.2 Å². The predicted molar refractivity (Wildman–Crippen MR) is 129 cm³/mol. The molecular formula is C23H23BrF3N2O4S+. The normalized spacial score (nSPS) is 14.7. The lowest BCUT2D eigenvalue weighted by molar-refractivity contribution is -0.143. The Morgan fingerprint density at radius 1 is 1.15 bits per heavy atom. The van der Waals surface area contributed by atoms with E-state index in [2.05, 4.69) is 26.0 Å². The van der Waals surface area contributed by atoms with Gasteiger partial charge < -0.3 is 14.8 Å². The van der Waals surface area contributed by atoms with E-state index in [1.165, 1.54) is 12.1 Å². The lowest BCUT2D eigenvalue weighted by Crippen LogP contribution is -2.27. The van der Waals surface area contributed by atoms with Gasteiger partial charge in [-0.15, -0.1) is 0 Å². The molecule has 1 aliphatic rings. The van der Waals surface area contributed by atoms with Gasteiger partial charge in [0.15, 0.2) is 15.9 Å². The van der Waals surface area contributed by atoms with Crippen LogP contribution in [0.15, 0.2) is 69.9 Å². The zero-order chi connectivity index (χ0) is 24.7. The zero-order valence-electron chi connectivity index (χ0n) is 18.1. The molecule has 0 saturated carbocycles. The standard InChI is InChI=1S/C23H22BrF3N2O4S/c1-2-32-21(30)12-5-15-3-10-18(11-4-15)33-22-20(24)13-19(14-28-22)34(31)29-17-8-6-16(7-9-17)23(25,26)27/h3-4,6-11,13,28H,2,5,12,14H2,1H3,(H,29,31)/p+1. The minimum absolute atomic E-state index is 0.227. The molecule has 3 rings (SSSR count). The Labute approximate surface area is 205 Å². The van der Waals surface area contributed by atoms with Crippen LogP contribution in [0.2, 0.25) is 0 Å². The van der Waals surface area contributed by atoms with Gasteiger partial charge in [-0.2, -0.15) is 13.2 Å². The SMILES string of the molecule is CCOC(=O)CCc1ccc(OC2=C(Br)C=C([SH+](=O)Nc3ccc(C(F)(F)F)cc3)CN2)cc1. The highest BCUT2D eigenvalue weighted by atomic mass is 79.9. The molecule has 2 aromatic rings. The molecule has 182 valence electrons. The van der Waals surface area contributed by atoms with Crippen LogP contribution in [0, 0.1) is 0 Å². The van der Waals surface area contributed by atoms with Crippen LogP contribution in [0.25, 0.3) is 0 Å². The van der Waals surface area contributed by atoms with Crippen LogP contribution in [0.3, 0.4) is 0 Å². The average Bonchev–Trinajstić information content (AvgIpc) is 2.80. The van der Waals surface area contributed by atoms with E-state index in [-0.39, 0.29) is 12.5 Å². The van der Waals surface area contributed by atoms with E-state index in [4.69, 9.17) is 9.47 Å². The van der Waals surface area contributed by atoms with Crippen molar-refractivity contribution in [1.29, 1.82) is 0 Å². The number of rotatable bonds is 9. The van der Waals surface area contributed by atoms with Crippen molar-refractivity contribution in [3.63, 3.8) is 0 Å². The van der Waals surface area contributed by atoms with Gasteiger partial charge in [0, 0.05) is 12.5 Å². The fourth-order valence-corrected chi connectivity index (χ4v) is 4.65. The smallest absolute Gasteiger partial charge is 0.416 e. The summed E-state index contributed by atoms with van der Waals surface area (Å²) in [5.41, 5.74) is 0.519. The van der Waals surface area contributed by atoms with Crippen molar-refractivity contribution in [2.75, 3.05) is 17.9 Å². The number of esters is 1. The van der Waals surface area contributed by atoms with Crippen LogP contribution in [0.5, 0.6) is 5.75 Å². The van der Waals surface area contributed by atoms with Crippen LogP contribution < -0.4 is 14.8 Å². The number of aryl methyl sites for hydroxylation is 1. The maximum atomic E-state index is 12.7. The molecule has 0 saturated heterocycles. The second kappa shape index (κ2) is 11.6. The van der Waals surface area contributed by atoms with E-state index in [1.54, 1.807) is 25.1 Å². The van der Waals surface area contributed by atoms with Gasteiger partial charge in [-0.1, -0.05) is 16.3 Å². The van der Waals surface area contributed by atoms with E-state index < -0.39 is 22.7 Å². The fourth-order valence-electron chi connectivity index (χ4n) is 2.98. The summed E-state index contributed by atoms with van der Waals surface area (Å²) in [6.45, 7) is 2.35. The van der Waals surface area contributed by atoms with Crippen molar-refractivity contribution >= 4 is 38.6 Å². The van der Waals surface area contributed by atoms with Crippen LogP contribution in [-0.4, -0.2) is 19.1 Å². The van der Waals surface area contributed by atoms with Gasteiger partial charge in [0.2, 0.25) is 5.88 Å². The number of halogens is 4. The largest absolute Gasteiger partial charge is 0.466 e. The second-order valence-corrected chi connectivity index (χ2v) is 9.44. The molecule has 0 bridgehead atoms. The highest BCUT2D eigenvalue weighted by molar-refractivity contribution is 9.11. The van der Waals surface area contributed by atoms with Crippen molar-refractivity contribution in [3.8, 4) is 5.75 Å². The third-order valence-electron chi connectivity index (χ3n) is 4.71. The van der Waals surface area contributed by atoms with Gasteiger partial charge in [-0.3, -0.25) is 4.79 Å². The van der Waals surface area contributed by atoms with Crippen LogP contribution in [0.1, 0.15) is 24.5 Å². The highest BCUT2D eigenvalue weighted by Gasteiger charge is 2.30. The molecule has 1 heterocycles. The Kier molecular flexibility index (Phi) is 8.78. The Bertz CT molecular complexity index is 1100. The molecule has 0 spiro atoms. The summed E-state index contributed by atoms with van der Waals surface area (Å²) in [7, 11) is -2.07. The van der Waals surface area contributed by atoms with Crippen molar-refractivity contribution < 1.29 is 31.6 Å². The molecule has 1 atom stereocenters. The molecule has 11 heteroatoms. The molecule has 1 unspecified atom stereocenters. The average molecular weight is 560 g/mol. The number of allylic oxidation sites excluding steroid dienone is 2. The van der Waals surface area contributed by atoms with E-state index >= 15 is 0 Å². The van der Waals surface area contributed by atoms with Crippen molar-refractivity contribution in [3.05, 3.63) is 81.0 Å². The summed E-state index contributed by atoms with van der Waals surface area (Å²) in [5, 5.41) is 3.04. The minimum atomic E-state index is -4.43. The number of anilines is 1. The lowest BCUT2D eigenvalue weighted by atomic mass is 10.1. The third kappa shape index (κ3) is 7.36. The molecule has 1 aliphatic heterocycles. The number of hydrogen-bond donors (Lipinski definition) is 2. The summed E-state index contributed by atoms with van der Waals surface area (Å²) in [6.07, 6.45) is -1.91. The van der Waals surface area contributed by atoms with Crippen molar-refractivity contribution in [2.45, 2.75) is 25.9 Å². The molecule has 2 aromatic carbocycles. The molecule has 0 aromatic heterocycles. The van der Waals surface area contributed by atoms with Gasteiger partial charge in [0.1, 0.15) is 5.75 Å². The molecule has 6 nitrogen and oxygen atoms in total. The number of dihydropyridines is 1. The first kappa shape index (κ1) is 25.8. The number of benzene rings is 2. The van der Waals surface area contributed by atoms with E-state index in [0.717, 1.165) is 17.7 Å². The number of carbonyl (C=O) groups is 1. The van der Waals surface area contributed by atoms with Gasteiger partial charge in [0.25, 0.3) is 0 Å². The summed E-state index contributed by atoms with van der Waals surface area (Å²) in [4.78, 5) is 12.0. The molecule has 0 fully saturated rings. The van der Waals surface area contributed by atoms with Gasteiger partial charge >= 0.3 is 12.1 Å². The second-order valence-electron chi connectivity index (χ2n) is 7.20. The quantitative estimate of drug-likeness (QED) is 0.246. The minimum Gasteiger partial charge on any atom is -0.466 e. The third-order valence-corrected chi connectivity index (χ3v) is 6.57. The maximum absolute atomic E-state index is 12.7. The Morgan fingerprint density at radius 3 is 2.41 bits per heavy atom. The first-order chi connectivity index (χ1) is 16.2. The number of carbonyl (C=O) groups excluding carboxylic acids is 1.